The van der Waals surface area contributed by atoms with Crippen molar-refractivity contribution in [2.45, 2.75) is 0 Å². The van der Waals surface area contributed by atoms with Crippen molar-refractivity contribution in [3.05, 3.63) is 25.4 Å². The number of ether oxygens (including phenoxy) is 2. The van der Waals surface area contributed by atoms with Gasteiger partial charge in [0.05, 0.1) is 13.2 Å². The first-order valence-electron chi connectivity index (χ1n) is 4.02. The average Bonchev–Trinajstić information content (AvgIpc) is 2.16. The largest absolute Gasteiger partial charge is 0.460 e. The maximum Gasteiger partial charge on any atom is 0.330 e. The summed E-state index contributed by atoms with van der Waals surface area (Å²) in [5.74, 6) is -0.423. The van der Waals surface area contributed by atoms with E-state index in [2.05, 4.69) is 23.2 Å². The van der Waals surface area contributed by atoms with E-state index in [1.165, 1.54) is 0 Å². The van der Waals surface area contributed by atoms with Crippen LogP contribution in [0.5, 0.6) is 0 Å². The molecule has 0 rings (SSSR count). The molecule has 0 spiro atoms. The smallest absolute Gasteiger partial charge is 0.330 e. The number of nitrogens with one attached hydrogen (secondary N) is 1. The molecule has 0 saturated heterocycles. The molecule has 0 radical (unpaired) electrons. The van der Waals surface area contributed by atoms with Crippen molar-refractivity contribution in [2.24, 2.45) is 0 Å². The van der Waals surface area contributed by atoms with Crippen LogP contribution in [0.1, 0.15) is 0 Å². The number of hydrogen-bond acceptors (Lipinski definition) is 4. The van der Waals surface area contributed by atoms with Crippen LogP contribution in [0, 0.1) is 0 Å². The van der Waals surface area contributed by atoms with Crippen LogP contribution in [0.2, 0.25) is 0 Å². The molecule has 0 aliphatic carbocycles. The lowest BCUT2D eigenvalue weighted by Crippen LogP contribution is -2.16. The molecule has 0 aliphatic heterocycles. The lowest BCUT2D eigenvalue weighted by atomic mass is 10.6. The highest BCUT2D eigenvalue weighted by Gasteiger charge is 1.93. The van der Waals surface area contributed by atoms with Crippen LogP contribution in [0.15, 0.2) is 25.4 Å². The third-order valence-corrected chi connectivity index (χ3v) is 1.17. The van der Waals surface area contributed by atoms with Gasteiger partial charge in [-0.05, 0) is 6.20 Å². The topological polar surface area (TPSA) is 47.6 Å². The molecule has 13 heavy (non-hydrogen) atoms. The van der Waals surface area contributed by atoms with E-state index in [9.17, 15) is 4.79 Å². The van der Waals surface area contributed by atoms with Crippen LogP contribution in [-0.4, -0.2) is 32.3 Å². The van der Waals surface area contributed by atoms with E-state index in [0.29, 0.717) is 19.8 Å². The van der Waals surface area contributed by atoms with Gasteiger partial charge in [-0.3, -0.25) is 0 Å². The summed E-state index contributed by atoms with van der Waals surface area (Å²) >= 11 is 0. The van der Waals surface area contributed by atoms with Crippen LogP contribution < -0.4 is 5.32 Å². The Morgan fingerprint density at radius 3 is 2.69 bits per heavy atom. The quantitative estimate of drug-likeness (QED) is 0.339. The molecule has 0 atom stereocenters. The summed E-state index contributed by atoms with van der Waals surface area (Å²) in [6, 6.07) is 0. The Morgan fingerprint density at radius 2 is 2.08 bits per heavy atom. The molecule has 4 nitrogen and oxygen atoms in total. The minimum Gasteiger partial charge on any atom is -0.460 e. The summed E-state index contributed by atoms with van der Waals surface area (Å²) in [6.07, 6.45) is 2.72. The molecule has 0 aromatic carbocycles. The van der Waals surface area contributed by atoms with Gasteiger partial charge in [0, 0.05) is 12.6 Å². The van der Waals surface area contributed by atoms with Crippen LogP contribution >= 0.6 is 0 Å². The van der Waals surface area contributed by atoms with E-state index >= 15 is 0 Å². The van der Waals surface area contributed by atoms with Crippen molar-refractivity contribution in [3.63, 3.8) is 0 Å². The fourth-order valence-electron chi connectivity index (χ4n) is 0.595. The maximum absolute atomic E-state index is 10.5. The maximum atomic E-state index is 10.5. The summed E-state index contributed by atoms with van der Waals surface area (Å²) in [7, 11) is 0. The SMILES string of the molecule is C=CNCCOCCOC(=O)C=C. The second-order valence-corrected chi connectivity index (χ2v) is 2.14. The number of rotatable bonds is 8. The predicted octanol–water partition coefficient (Wildman–Crippen LogP) is 0.465. The van der Waals surface area contributed by atoms with Gasteiger partial charge < -0.3 is 14.8 Å². The van der Waals surface area contributed by atoms with Crippen LogP contribution in [0.3, 0.4) is 0 Å². The summed E-state index contributed by atoms with van der Waals surface area (Å²) in [4.78, 5) is 10.5. The lowest BCUT2D eigenvalue weighted by Gasteiger charge is -2.04. The normalized spacial score (nSPS) is 8.92. The highest BCUT2D eigenvalue weighted by Crippen LogP contribution is 1.80. The molecule has 0 heterocycles. The molecule has 0 amide bonds. The van der Waals surface area contributed by atoms with Crippen LogP contribution in [0.4, 0.5) is 0 Å². The fraction of sp³-hybridized carbons (Fsp3) is 0.444. The van der Waals surface area contributed by atoms with Crippen molar-refractivity contribution < 1.29 is 14.3 Å². The molecular weight excluding hydrogens is 170 g/mol. The zero-order valence-corrected chi connectivity index (χ0v) is 7.62. The van der Waals surface area contributed by atoms with E-state index in [0.717, 1.165) is 6.08 Å². The first kappa shape index (κ1) is 11.7. The number of carbonyl (C=O) groups excluding carboxylic acids is 1. The molecule has 0 aromatic heterocycles. The van der Waals surface area contributed by atoms with Crippen LogP contribution in [-0.2, 0) is 14.3 Å². The van der Waals surface area contributed by atoms with Crippen molar-refractivity contribution >= 4 is 5.97 Å². The minimum atomic E-state index is -0.423. The highest BCUT2D eigenvalue weighted by molar-refractivity contribution is 5.81. The summed E-state index contributed by atoms with van der Waals surface area (Å²) < 4.78 is 9.78. The molecule has 0 fully saturated rings. The monoisotopic (exact) mass is 185 g/mol. The summed E-state index contributed by atoms with van der Waals surface area (Å²) in [5, 5.41) is 2.87. The van der Waals surface area contributed by atoms with Gasteiger partial charge in [-0.1, -0.05) is 13.2 Å². The first-order chi connectivity index (χ1) is 6.31. The Labute approximate surface area is 78.2 Å². The predicted molar refractivity (Wildman–Crippen MR) is 50.2 cm³/mol. The molecule has 74 valence electrons. The highest BCUT2D eigenvalue weighted by atomic mass is 16.6. The van der Waals surface area contributed by atoms with E-state index < -0.39 is 5.97 Å². The Morgan fingerprint density at radius 1 is 1.31 bits per heavy atom. The Bertz CT molecular complexity index is 168. The Balaban J connectivity index is 3.03. The molecule has 0 saturated carbocycles. The van der Waals surface area contributed by atoms with Crippen molar-refractivity contribution in [1.82, 2.24) is 5.32 Å². The van der Waals surface area contributed by atoms with Gasteiger partial charge >= 0.3 is 5.97 Å². The van der Waals surface area contributed by atoms with Crippen LogP contribution in [0.25, 0.3) is 0 Å². The van der Waals surface area contributed by atoms with Gasteiger partial charge in [0.1, 0.15) is 6.61 Å². The fourth-order valence-corrected chi connectivity index (χ4v) is 0.595. The van der Waals surface area contributed by atoms with E-state index in [1.54, 1.807) is 6.20 Å². The van der Waals surface area contributed by atoms with Crippen molar-refractivity contribution in [1.29, 1.82) is 0 Å². The molecule has 0 bridgehead atoms. The lowest BCUT2D eigenvalue weighted by molar-refractivity contribution is -0.139. The molecule has 4 heteroatoms. The third-order valence-electron chi connectivity index (χ3n) is 1.17. The van der Waals surface area contributed by atoms with Crippen molar-refractivity contribution in [2.75, 3.05) is 26.4 Å². The van der Waals surface area contributed by atoms with Gasteiger partial charge in [-0.2, -0.15) is 0 Å². The molecule has 0 aromatic rings. The summed E-state index contributed by atoms with van der Waals surface area (Å²) in [6.45, 7) is 8.68. The zero-order valence-electron chi connectivity index (χ0n) is 7.62. The second-order valence-electron chi connectivity index (χ2n) is 2.14. The van der Waals surface area contributed by atoms with Gasteiger partial charge in [0.15, 0.2) is 0 Å². The van der Waals surface area contributed by atoms with E-state index in [4.69, 9.17) is 4.74 Å². The van der Waals surface area contributed by atoms with Gasteiger partial charge in [0.2, 0.25) is 0 Å². The number of esters is 1. The molecule has 1 N–H and O–H groups in total. The molecule has 0 aliphatic rings. The van der Waals surface area contributed by atoms with Gasteiger partial charge in [-0.25, -0.2) is 4.79 Å². The second kappa shape index (κ2) is 8.80. The van der Waals surface area contributed by atoms with E-state index in [-0.39, 0.29) is 6.61 Å². The standard InChI is InChI=1S/C9H15NO3/c1-3-9(11)13-8-7-12-6-5-10-4-2/h3-4,10H,1-2,5-8H2. The van der Waals surface area contributed by atoms with Gasteiger partial charge in [0.25, 0.3) is 0 Å². The molecule has 0 unspecified atom stereocenters. The van der Waals surface area contributed by atoms with Gasteiger partial charge in [-0.15, -0.1) is 0 Å². The first-order valence-corrected chi connectivity index (χ1v) is 4.02. The zero-order chi connectivity index (χ0) is 9.94. The Hall–Kier alpha value is -1.29. The minimum absolute atomic E-state index is 0.263. The van der Waals surface area contributed by atoms with E-state index in [1.807, 2.05) is 0 Å². The average molecular weight is 185 g/mol. The van der Waals surface area contributed by atoms with Crippen molar-refractivity contribution in [3.8, 4) is 0 Å². The summed E-state index contributed by atoms with van der Waals surface area (Å²) in [5.41, 5.74) is 0. The third kappa shape index (κ3) is 8.62. The molecular formula is C9H15NO3. The Kier molecular flexibility index (Phi) is 7.93. The number of carbonyl (C=O) groups is 1. The number of hydrogen-bond donors (Lipinski definition) is 1.